The summed E-state index contributed by atoms with van der Waals surface area (Å²) in [5.41, 5.74) is 7.10. The smallest absolute Gasteiger partial charge is 0.291 e. The van der Waals surface area contributed by atoms with E-state index >= 15 is 0 Å². The third-order valence-electron chi connectivity index (χ3n) is 6.79. The topological polar surface area (TPSA) is 83.3 Å². The lowest BCUT2D eigenvalue weighted by Gasteiger charge is -2.21. The average molecular weight is 522 g/mol. The lowest BCUT2D eigenvalue weighted by molar-refractivity contribution is 0.101. The lowest BCUT2D eigenvalue weighted by Crippen LogP contribution is -2.27. The summed E-state index contributed by atoms with van der Waals surface area (Å²) in [6, 6.07) is 11.7. The first-order valence-electron chi connectivity index (χ1n) is 11.8. The van der Waals surface area contributed by atoms with Gasteiger partial charge < -0.3 is 19.9 Å². The number of aryl methyl sites for hydroxylation is 1. The lowest BCUT2D eigenvalue weighted by atomic mass is 9.96. The molecule has 0 fully saturated rings. The van der Waals surface area contributed by atoms with E-state index in [1.165, 1.54) is 0 Å². The highest BCUT2D eigenvalue weighted by atomic mass is 35.5. The summed E-state index contributed by atoms with van der Waals surface area (Å²) in [6.45, 7) is 5.61. The molecular formula is C27H28ClN5O2S. The standard InChI is InChI=1S/C27H28ClN5O2S/c1-15-17(7-5-8-18(15)27-31-22(14-34)16(2)36-27)19-9-6-10-20(24(19)28)30-26(35)25-29-21-13-32(3)12-11-23(21)33(25)4/h5-10,34H,11-14H2,1-4H3,(H,30,35). The van der Waals surface area contributed by atoms with Gasteiger partial charge in [-0.05, 0) is 38.1 Å². The van der Waals surface area contributed by atoms with Crippen molar-refractivity contribution < 1.29 is 9.90 Å². The van der Waals surface area contributed by atoms with E-state index in [0.29, 0.717) is 22.2 Å². The number of rotatable bonds is 5. The van der Waals surface area contributed by atoms with Crippen LogP contribution in [0.15, 0.2) is 36.4 Å². The molecular weight excluding hydrogens is 494 g/mol. The van der Waals surface area contributed by atoms with E-state index in [1.54, 1.807) is 17.4 Å². The molecule has 3 heterocycles. The fraction of sp³-hybridized carbons (Fsp3) is 0.296. The number of aromatic nitrogens is 3. The number of benzene rings is 2. The van der Waals surface area contributed by atoms with Crippen molar-refractivity contribution in [1.82, 2.24) is 19.4 Å². The Labute approximate surface area is 219 Å². The van der Waals surface area contributed by atoms with Gasteiger partial charge in [0.1, 0.15) is 5.01 Å². The molecule has 7 nitrogen and oxygen atoms in total. The molecule has 5 rings (SSSR count). The van der Waals surface area contributed by atoms with Crippen molar-refractivity contribution in [3.8, 4) is 21.7 Å². The minimum Gasteiger partial charge on any atom is -0.390 e. The number of amides is 1. The van der Waals surface area contributed by atoms with Crippen molar-refractivity contribution in [3.63, 3.8) is 0 Å². The highest BCUT2D eigenvalue weighted by Crippen LogP contribution is 2.39. The maximum Gasteiger partial charge on any atom is 0.291 e. The number of carbonyl (C=O) groups is 1. The number of aliphatic hydroxyl groups excluding tert-OH is 1. The molecule has 0 atom stereocenters. The van der Waals surface area contributed by atoms with Crippen LogP contribution in [0.3, 0.4) is 0 Å². The summed E-state index contributed by atoms with van der Waals surface area (Å²) in [6.07, 6.45) is 0.868. The zero-order chi connectivity index (χ0) is 25.6. The maximum absolute atomic E-state index is 13.2. The predicted octanol–water partition coefficient (Wildman–Crippen LogP) is 5.21. The van der Waals surface area contributed by atoms with Gasteiger partial charge in [-0.15, -0.1) is 11.3 Å². The number of fused-ring (bicyclic) bond motifs is 1. The first-order valence-corrected chi connectivity index (χ1v) is 13.0. The summed E-state index contributed by atoms with van der Waals surface area (Å²) in [7, 11) is 3.95. The summed E-state index contributed by atoms with van der Waals surface area (Å²) in [5.74, 6) is 0.0997. The third kappa shape index (κ3) is 4.35. The molecule has 2 aromatic carbocycles. The van der Waals surface area contributed by atoms with Crippen LogP contribution in [0.2, 0.25) is 5.02 Å². The van der Waals surface area contributed by atoms with Crippen LogP contribution in [-0.2, 0) is 26.6 Å². The molecule has 0 spiro atoms. The highest BCUT2D eigenvalue weighted by molar-refractivity contribution is 7.15. The van der Waals surface area contributed by atoms with Gasteiger partial charge in [0.15, 0.2) is 5.82 Å². The largest absolute Gasteiger partial charge is 0.390 e. The molecule has 0 saturated heterocycles. The average Bonchev–Trinajstić information content (AvgIpc) is 3.39. The zero-order valence-electron chi connectivity index (χ0n) is 20.7. The van der Waals surface area contributed by atoms with Gasteiger partial charge in [-0.2, -0.15) is 0 Å². The summed E-state index contributed by atoms with van der Waals surface area (Å²) in [5, 5.41) is 13.9. The second kappa shape index (κ2) is 9.78. The van der Waals surface area contributed by atoms with Crippen molar-refractivity contribution in [2.45, 2.75) is 33.4 Å². The number of likely N-dealkylation sites (N-methyl/N-ethyl adjacent to an activating group) is 1. The number of hydrogen-bond donors (Lipinski definition) is 2. The molecule has 36 heavy (non-hydrogen) atoms. The van der Waals surface area contributed by atoms with Crippen LogP contribution in [0.25, 0.3) is 21.7 Å². The number of thiazole rings is 1. The number of halogens is 1. The Morgan fingerprint density at radius 3 is 2.58 bits per heavy atom. The first kappa shape index (κ1) is 24.6. The van der Waals surface area contributed by atoms with Crippen LogP contribution in [0.1, 0.15) is 38.1 Å². The molecule has 9 heteroatoms. The highest BCUT2D eigenvalue weighted by Gasteiger charge is 2.25. The number of hydrogen-bond acceptors (Lipinski definition) is 6. The van der Waals surface area contributed by atoms with Gasteiger partial charge in [-0.1, -0.05) is 41.9 Å². The Balaban J connectivity index is 1.47. The number of carbonyl (C=O) groups excluding carboxylic acids is 1. The first-order chi connectivity index (χ1) is 17.3. The second-order valence-corrected chi connectivity index (χ2v) is 10.7. The molecule has 0 saturated carbocycles. The van der Waals surface area contributed by atoms with Crippen molar-refractivity contribution in [2.75, 3.05) is 18.9 Å². The van der Waals surface area contributed by atoms with Gasteiger partial charge in [-0.3, -0.25) is 4.79 Å². The van der Waals surface area contributed by atoms with Gasteiger partial charge in [0.05, 0.1) is 28.7 Å². The molecule has 1 aliphatic heterocycles. The normalized spacial score (nSPS) is 13.6. The molecule has 186 valence electrons. The summed E-state index contributed by atoms with van der Waals surface area (Å²) >= 11 is 8.42. The minimum absolute atomic E-state index is 0.0790. The predicted molar refractivity (Wildman–Crippen MR) is 145 cm³/mol. The number of nitrogens with zero attached hydrogens (tertiary/aromatic N) is 4. The maximum atomic E-state index is 13.2. The zero-order valence-corrected chi connectivity index (χ0v) is 22.3. The fourth-order valence-corrected chi connectivity index (χ4v) is 6.01. The molecule has 4 aromatic rings. The van der Waals surface area contributed by atoms with Crippen LogP contribution < -0.4 is 5.32 Å². The molecule has 2 aromatic heterocycles. The van der Waals surface area contributed by atoms with Crippen molar-refractivity contribution in [2.24, 2.45) is 7.05 Å². The van der Waals surface area contributed by atoms with Crippen LogP contribution in [-0.4, -0.2) is 44.0 Å². The second-order valence-electron chi connectivity index (χ2n) is 9.15. The molecule has 0 radical (unpaired) electrons. The summed E-state index contributed by atoms with van der Waals surface area (Å²) in [4.78, 5) is 25.7. The van der Waals surface area contributed by atoms with Crippen molar-refractivity contribution in [3.05, 3.63) is 74.8 Å². The van der Waals surface area contributed by atoms with Crippen LogP contribution in [0.5, 0.6) is 0 Å². The van der Waals surface area contributed by atoms with Crippen LogP contribution in [0, 0.1) is 13.8 Å². The van der Waals surface area contributed by atoms with E-state index in [4.69, 9.17) is 11.6 Å². The van der Waals surface area contributed by atoms with Gasteiger partial charge in [-0.25, -0.2) is 9.97 Å². The van der Waals surface area contributed by atoms with Crippen molar-refractivity contribution >= 4 is 34.5 Å². The summed E-state index contributed by atoms with van der Waals surface area (Å²) < 4.78 is 1.89. The van der Waals surface area contributed by atoms with E-state index in [-0.39, 0.29) is 12.5 Å². The molecule has 0 unspecified atom stereocenters. The number of aliphatic hydroxyl groups is 1. The number of imidazole rings is 1. The Morgan fingerprint density at radius 1 is 1.11 bits per heavy atom. The van der Waals surface area contributed by atoms with Gasteiger partial charge in [0, 0.05) is 48.3 Å². The fourth-order valence-electron chi connectivity index (χ4n) is 4.73. The van der Waals surface area contributed by atoms with Crippen LogP contribution in [0.4, 0.5) is 5.69 Å². The molecule has 0 bridgehead atoms. The van der Waals surface area contributed by atoms with E-state index in [1.807, 2.05) is 55.8 Å². The number of anilines is 1. The Bertz CT molecular complexity index is 1480. The van der Waals surface area contributed by atoms with E-state index < -0.39 is 0 Å². The number of nitrogens with one attached hydrogen (secondary N) is 1. The SMILES string of the molecule is Cc1sc(-c2cccc(-c3cccc(NC(=O)c4nc5c(n4C)CCN(C)C5)c3Cl)c2C)nc1CO. The van der Waals surface area contributed by atoms with E-state index in [0.717, 1.165) is 63.0 Å². The molecule has 1 aliphatic rings. The van der Waals surface area contributed by atoms with E-state index in [9.17, 15) is 9.90 Å². The molecule has 0 aliphatic carbocycles. The monoisotopic (exact) mass is 521 g/mol. The van der Waals surface area contributed by atoms with Crippen molar-refractivity contribution in [1.29, 1.82) is 0 Å². The molecule has 2 N–H and O–H groups in total. The van der Waals surface area contributed by atoms with Gasteiger partial charge >= 0.3 is 0 Å². The van der Waals surface area contributed by atoms with E-state index in [2.05, 4.69) is 27.2 Å². The van der Waals surface area contributed by atoms with Gasteiger partial charge in [0.25, 0.3) is 5.91 Å². The Kier molecular flexibility index (Phi) is 6.70. The van der Waals surface area contributed by atoms with Crippen LogP contribution >= 0.6 is 22.9 Å². The quantitative estimate of drug-likeness (QED) is 0.376. The van der Waals surface area contributed by atoms with Gasteiger partial charge in [0.2, 0.25) is 0 Å². The Hall–Kier alpha value is -3.04. The minimum atomic E-state index is -0.283. The Morgan fingerprint density at radius 2 is 1.83 bits per heavy atom. The molecule has 1 amide bonds. The third-order valence-corrected chi connectivity index (χ3v) is 8.25.